The Hall–Kier alpha value is -3.08. The molecule has 3 rings (SSSR count). The third-order valence-electron chi connectivity index (χ3n) is 4.67. The number of carbonyl (C=O) groups excluding carboxylic acids is 1. The van der Waals surface area contributed by atoms with Crippen LogP contribution in [-0.2, 0) is 11.2 Å². The number of hydrogen-bond donors (Lipinski definition) is 1. The van der Waals surface area contributed by atoms with Crippen LogP contribution in [0.1, 0.15) is 28.1 Å². The molecule has 0 spiro atoms. The van der Waals surface area contributed by atoms with E-state index in [1.807, 2.05) is 74.8 Å². The number of carbonyl (C=O) groups is 1. The van der Waals surface area contributed by atoms with Crippen LogP contribution in [0.2, 0.25) is 0 Å². The first-order valence-corrected chi connectivity index (χ1v) is 9.52. The van der Waals surface area contributed by atoms with Gasteiger partial charge in [0.05, 0.1) is 24.3 Å². The molecule has 0 radical (unpaired) electrons. The van der Waals surface area contributed by atoms with Crippen molar-refractivity contribution in [3.05, 3.63) is 76.6 Å². The largest absolute Gasteiger partial charge is 0.492 e. The highest BCUT2D eigenvalue weighted by molar-refractivity contribution is 5.79. The molecule has 0 atom stereocenters. The van der Waals surface area contributed by atoms with Gasteiger partial charge >= 0.3 is 0 Å². The number of hydrogen-bond acceptors (Lipinski definition) is 3. The average molecular weight is 377 g/mol. The molecule has 5 heteroatoms. The highest BCUT2D eigenvalue weighted by Crippen LogP contribution is 2.18. The lowest BCUT2D eigenvalue weighted by Gasteiger charge is -2.10. The third kappa shape index (κ3) is 4.80. The summed E-state index contributed by atoms with van der Waals surface area (Å²) in [7, 11) is 0. The SMILES string of the molecule is Cc1cc(C)cc(OCCNC(=O)Cc2c(C)nn(-c3ccccc3)c2C)c1. The van der Waals surface area contributed by atoms with E-state index in [0.29, 0.717) is 19.6 Å². The maximum absolute atomic E-state index is 12.4. The average Bonchev–Trinajstić information content (AvgIpc) is 2.93. The lowest BCUT2D eigenvalue weighted by Crippen LogP contribution is -2.29. The first-order valence-electron chi connectivity index (χ1n) is 9.52. The number of rotatable bonds is 7. The molecule has 3 aromatic rings. The highest BCUT2D eigenvalue weighted by atomic mass is 16.5. The molecule has 1 aromatic heterocycles. The van der Waals surface area contributed by atoms with Crippen molar-refractivity contribution in [1.82, 2.24) is 15.1 Å². The van der Waals surface area contributed by atoms with Gasteiger partial charge in [0.25, 0.3) is 0 Å². The van der Waals surface area contributed by atoms with Gasteiger partial charge in [0, 0.05) is 11.3 Å². The Bertz CT molecular complexity index is 941. The zero-order valence-electron chi connectivity index (χ0n) is 17.0. The van der Waals surface area contributed by atoms with Gasteiger partial charge in [-0.1, -0.05) is 24.3 Å². The maximum atomic E-state index is 12.4. The molecular formula is C23H27N3O2. The quantitative estimate of drug-likeness (QED) is 0.637. The summed E-state index contributed by atoms with van der Waals surface area (Å²) in [6, 6.07) is 16.1. The smallest absolute Gasteiger partial charge is 0.224 e. The molecule has 1 N–H and O–H groups in total. The second-order valence-electron chi connectivity index (χ2n) is 7.10. The van der Waals surface area contributed by atoms with Crippen molar-refractivity contribution in [1.29, 1.82) is 0 Å². The summed E-state index contributed by atoms with van der Waals surface area (Å²) < 4.78 is 7.64. The highest BCUT2D eigenvalue weighted by Gasteiger charge is 2.15. The fourth-order valence-corrected chi connectivity index (χ4v) is 3.35. The van der Waals surface area contributed by atoms with E-state index < -0.39 is 0 Å². The van der Waals surface area contributed by atoms with Crippen molar-refractivity contribution in [3.63, 3.8) is 0 Å². The fraction of sp³-hybridized carbons (Fsp3) is 0.304. The molecule has 0 aliphatic rings. The third-order valence-corrected chi connectivity index (χ3v) is 4.67. The summed E-state index contributed by atoms with van der Waals surface area (Å²) in [6.45, 7) is 8.94. The molecule has 0 fully saturated rings. The Morgan fingerprint density at radius 1 is 1.04 bits per heavy atom. The van der Waals surface area contributed by atoms with Gasteiger partial charge in [0.15, 0.2) is 0 Å². The molecule has 0 unspecified atom stereocenters. The Morgan fingerprint density at radius 3 is 2.39 bits per heavy atom. The number of nitrogens with one attached hydrogen (secondary N) is 1. The molecule has 0 bridgehead atoms. The lowest BCUT2D eigenvalue weighted by molar-refractivity contribution is -0.120. The predicted octanol–water partition coefficient (Wildman–Crippen LogP) is 3.84. The van der Waals surface area contributed by atoms with Crippen LogP contribution in [0.25, 0.3) is 5.69 Å². The number of para-hydroxylation sites is 1. The van der Waals surface area contributed by atoms with Crippen molar-refractivity contribution in [2.24, 2.45) is 0 Å². The molecule has 5 nitrogen and oxygen atoms in total. The summed E-state index contributed by atoms with van der Waals surface area (Å²) >= 11 is 0. The van der Waals surface area contributed by atoms with E-state index in [2.05, 4.69) is 16.5 Å². The number of amides is 1. The minimum atomic E-state index is -0.0252. The summed E-state index contributed by atoms with van der Waals surface area (Å²) in [5.74, 6) is 0.811. The van der Waals surface area contributed by atoms with Gasteiger partial charge in [-0.3, -0.25) is 4.79 Å². The van der Waals surface area contributed by atoms with E-state index in [0.717, 1.165) is 28.4 Å². The van der Waals surface area contributed by atoms with Crippen LogP contribution in [0.15, 0.2) is 48.5 Å². The van der Waals surface area contributed by atoms with E-state index in [9.17, 15) is 4.79 Å². The van der Waals surface area contributed by atoms with Gasteiger partial charge in [-0.05, 0) is 63.1 Å². The molecule has 146 valence electrons. The van der Waals surface area contributed by atoms with E-state index in [1.54, 1.807) is 0 Å². The van der Waals surface area contributed by atoms with Gasteiger partial charge in [-0.15, -0.1) is 0 Å². The van der Waals surface area contributed by atoms with Crippen molar-refractivity contribution in [2.75, 3.05) is 13.2 Å². The summed E-state index contributed by atoms with van der Waals surface area (Å²) in [5, 5.41) is 7.53. The number of ether oxygens (including phenoxy) is 1. The first-order chi connectivity index (χ1) is 13.4. The Kier molecular flexibility index (Phi) is 6.14. The standard InChI is InChI=1S/C23H27N3O2/c1-16-12-17(2)14-21(13-16)28-11-10-24-23(27)15-22-18(3)25-26(19(22)4)20-8-6-5-7-9-20/h5-9,12-14H,10-11,15H2,1-4H3,(H,24,27). The van der Waals surface area contributed by atoms with Gasteiger partial charge in [-0.25, -0.2) is 4.68 Å². The molecule has 0 saturated heterocycles. The number of benzene rings is 2. The van der Waals surface area contributed by atoms with Gasteiger partial charge in [0.2, 0.25) is 5.91 Å². The van der Waals surface area contributed by atoms with E-state index in [4.69, 9.17) is 4.74 Å². The van der Waals surface area contributed by atoms with Gasteiger partial charge < -0.3 is 10.1 Å². The fourth-order valence-electron chi connectivity index (χ4n) is 3.35. The number of nitrogens with zero attached hydrogens (tertiary/aromatic N) is 2. The Labute approximate surface area is 166 Å². The van der Waals surface area contributed by atoms with Gasteiger partial charge in [0.1, 0.15) is 12.4 Å². The minimum absolute atomic E-state index is 0.0252. The number of aromatic nitrogens is 2. The topological polar surface area (TPSA) is 56.1 Å². The normalized spacial score (nSPS) is 10.7. The summed E-state index contributed by atoms with van der Waals surface area (Å²) in [6.07, 6.45) is 0.314. The van der Waals surface area contributed by atoms with Crippen LogP contribution in [0.3, 0.4) is 0 Å². The minimum Gasteiger partial charge on any atom is -0.492 e. The molecule has 28 heavy (non-hydrogen) atoms. The van der Waals surface area contributed by atoms with E-state index in [-0.39, 0.29) is 5.91 Å². The second kappa shape index (κ2) is 8.74. The predicted molar refractivity (Wildman–Crippen MR) is 111 cm³/mol. The monoisotopic (exact) mass is 377 g/mol. The lowest BCUT2D eigenvalue weighted by atomic mass is 10.1. The van der Waals surface area contributed by atoms with Crippen LogP contribution >= 0.6 is 0 Å². The molecule has 2 aromatic carbocycles. The summed E-state index contributed by atoms with van der Waals surface area (Å²) in [4.78, 5) is 12.4. The second-order valence-corrected chi connectivity index (χ2v) is 7.10. The summed E-state index contributed by atoms with van der Waals surface area (Å²) in [5.41, 5.74) is 6.17. The van der Waals surface area contributed by atoms with Crippen molar-refractivity contribution in [3.8, 4) is 11.4 Å². The molecule has 0 aliphatic heterocycles. The van der Waals surface area contributed by atoms with Crippen LogP contribution in [-0.4, -0.2) is 28.8 Å². The van der Waals surface area contributed by atoms with Gasteiger partial charge in [-0.2, -0.15) is 5.10 Å². The Balaban J connectivity index is 1.54. The maximum Gasteiger partial charge on any atom is 0.224 e. The van der Waals surface area contributed by atoms with Crippen molar-refractivity contribution < 1.29 is 9.53 Å². The van der Waals surface area contributed by atoms with Crippen LogP contribution < -0.4 is 10.1 Å². The molecule has 0 saturated carbocycles. The van der Waals surface area contributed by atoms with E-state index in [1.165, 1.54) is 11.1 Å². The zero-order valence-corrected chi connectivity index (χ0v) is 17.0. The molecular weight excluding hydrogens is 350 g/mol. The van der Waals surface area contributed by atoms with Crippen LogP contribution in [0, 0.1) is 27.7 Å². The molecule has 1 amide bonds. The number of aryl methyl sites for hydroxylation is 3. The van der Waals surface area contributed by atoms with E-state index >= 15 is 0 Å². The zero-order chi connectivity index (χ0) is 20.1. The van der Waals surface area contributed by atoms with Crippen molar-refractivity contribution >= 4 is 5.91 Å². The molecule has 1 heterocycles. The first kappa shape index (κ1) is 19.7. The van der Waals surface area contributed by atoms with Crippen LogP contribution in [0.5, 0.6) is 5.75 Å². The Morgan fingerprint density at radius 2 is 1.71 bits per heavy atom. The molecule has 0 aliphatic carbocycles. The van der Waals surface area contributed by atoms with Crippen molar-refractivity contribution in [2.45, 2.75) is 34.1 Å². The van der Waals surface area contributed by atoms with Crippen LogP contribution in [0.4, 0.5) is 0 Å².